The average Bonchev–Trinajstić information content (AvgIpc) is 2.79. The zero-order valence-electron chi connectivity index (χ0n) is 11.0. The summed E-state index contributed by atoms with van der Waals surface area (Å²) in [5.74, 6) is -0.296. The van der Waals surface area contributed by atoms with Gasteiger partial charge in [-0.05, 0) is 19.3 Å². The Balaban J connectivity index is 2.20. The molecule has 0 radical (unpaired) electrons. The Bertz CT molecular complexity index is 275. The third kappa shape index (κ3) is 5.19. The van der Waals surface area contributed by atoms with Crippen molar-refractivity contribution in [1.29, 1.82) is 0 Å². The fourth-order valence-corrected chi connectivity index (χ4v) is 2.05. The van der Waals surface area contributed by atoms with Gasteiger partial charge in [-0.3, -0.25) is 4.79 Å². The summed E-state index contributed by atoms with van der Waals surface area (Å²) in [6, 6.07) is 0. The molecule has 4 nitrogen and oxygen atoms in total. The number of allylic oxidation sites excluding steroid dienone is 1. The maximum Gasteiger partial charge on any atom is 0.306 e. The molecule has 1 heterocycles. The van der Waals surface area contributed by atoms with Crippen molar-refractivity contribution in [3.63, 3.8) is 0 Å². The van der Waals surface area contributed by atoms with Crippen LogP contribution < -0.4 is 0 Å². The Morgan fingerprint density at radius 3 is 2.78 bits per heavy atom. The first-order valence-electron chi connectivity index (χ1n) is 6.87. The van der Waals surface area contributed by atoms with Crippen LogP contribution in [0.2, 0.25) is 0 Å². The molecule has 1 fully saturated rings. The molecule has 0 bridgehead atoms. The second-order valence-electron chi connectivity index (χ2n) is 4.83. The Morgan fingerprint density at radius 1 is 1.39 bits per heavy atom. The van der Waals surface area contributed by atoms with Crippen molar-refractivity contribution in [3.05, 3.63) is 12.2 Å². The summed E-state index contributed by atoms with van der Waals surface area (Å²) in [4.78, 5) is 10.9. The van der Waals surface area contributed by atoms with Gasteiger partial charge in [-0.2, -0.15) is 0 Å². The Hall–Kier alpha value is -0.870. The molecule has 0 aliphatic carbocycles. The van der Waals surface area contributed by atoms with E-state index in [9.17, 15) is 15.0 Å². The summed E-state index contributed by atoms with van der Waals surface area (Å²) >= 11 is 0. The molecule has 4 heteroatoms. The molecule has 0 amide bonds. The van der Waals surface area contributed by atoms with Crippen LogP contribution in [0.25, 0.3) is 0 Å². The lowest BCUT2D eigenvalue weighted by atomic mass is 10.0. The minimum Gasteiger partial charge on any atom is -0.459 e. The zero-order chi connectivity index (χ0) is 13.4. The van der Waals surface area contributed by atoms with Crippen LogP contribution in [0.3, 0.4) is 0 Å². The highest BCUT2D eigenvalue weighted by Gasteiger charge is 2.33. The van der Waals surface area contributed by atoms with Gasteiger partial charge in [-0.25, -0.2) is 0 Å². The lowest BCUT2D eigenvalue weighted by Gasteiger charge is -2.19. The van der Waals surface area contributed by atoms with Gasteiger partial charge in [0.25, 0.3) is 0 Å². The molecule has 0 saturated carbocycles. The molecule has 0 aromatic rings. The number of aliphatic hydroxyl groups is 2. The SMILES string of the molecule is CCCCCCC=CC(O)C(O)C1CCC(=O)O1. The number of hydrogen-bond acceptors (Lipinski definition) is 4. The van der Waals surface area contributed by atoms with Gasteiger partial charge in [-0.1, -0.05) is 38.3 Å². The van der Waals surface area contributed by atoms with Crippen LogP contribution in [0.4, 0.5) is 0 Å². The molecule has 18 heavy (non-hydrogen) atoms. The number of cyclic esters (lactones) is 1. The van der Waals surface area contributed by atoms with Crippen LogP contribution in [-0.4, -0.2) is 34.5 Å². The summed E-state index contributed by atoms with van der Waals surface area (Å²) in [5, 5.41) is 19.5. The van der Waals surface area contributed by atoms with Crippen molar-refractivity contribution in [1.82, 2.24) is 0 Å². The first kappa shape index (κ1) is 15.2. The zero-order valence-corrected chi connectivity index (χ0v) is 11.0. The molecule has 104 valence electrons. The van der Waals surface area contributed by atoms with E-state index >= 15 is 0 Å². The van der Waals surface area contributed by atoms with E-state index in [1.54, 1.807) is 6.08 Å². The first-order chi connectivity index (χ1) is 8.65. The Morgan fingerprint density at radius 2 is 2.17 bits per heavy atom. The van der Waals surface area contributed by atoms with Crippen molar-refractivity contribution in [2.75, 3.05) is 0 Å². The fourth-order valence-electron chi connectivity index (χ4n) is 2.05. The first-order valence-corrected chi connectivity index (χ1v) is 6.87. The molecule has 0 aromatic heterocycles. The molecule has 3 unspecified atom stereocenters. The Labute approximate surface area is 109 Å². The van der Waals surface area contributed by atoms with Crippen LogP contribution in [0, 0.1) is 0 Å². The minimum atomic E-state index is -1.01. The lowest BCUT2D eigenvalue weighted by Crippen LogP contribution is -2.36. The number of ether oxygens (including phenoxy) is 1. The third-order valence-corrected chi connectivity index (χ3v) is 3.20. The second kappa shape index (κ2) is 8.27. The van der Waals surface area contributed by atoms with Crippen LogP contribution in [-0.2, 0) is 9.53 Å². The molecule has 2 N–H and O–H groups in total. The molecule has 1 aliphatic rings. The summed E-state index contributed by atoms with van der Waals surface area (Å²) in [6.45, 7) is 2.17. The third-order valence-electron chi connectivity index (χ3n) is 3.20. The molecular formula is C14H24O4. The van der Waals surface area contributed by atoms with E-state index in [-0.39, 0.29) is 5.97 Å². The van der Waals surface area contributed by atoms with Gasteiger partial charge in [0, 0.05) is 6.42 Å². The maximum atomic E-state index is 10.9. The fraction of sp³-hybridized carbons (Fsp3) is 0.786. The van der Waals surface area contributed by atoms with Crippen LogP contribution in [0.15, 0.2) is 12.2 Å². The number of aliphatic hydroxyl groups excluding tert-OH is 2. The average molecular weight is 256 g/mol. The summed E-state index contributed by atoms with van der Waals surface area (Å²) in [6.07, 6.45) is 7.43. The highest BCUT2D eigenvalue weighted by Crippen LogP contribution is 2.19. The molecule has 1 rings (SSSR count). The Kier molecular flexibility index (Phi) is 6.98. The van der Waals surface area contributed by atoms with E-state index in [0.29, 0.717) is 12.8 Å². The van der Waals surface area contributed by atoms with Gasteiger partial charge >= 0.3 is 5.97 Å². The van der Waals surface area contributed by atoms with E-state index in [2.05, 4.69) is 6.92 Å². The quantitative estimate of drug-likeness (QED) is 0.396. The van der Waals surface area contributed by atoms with Crippen molar-refractivity contribution in [3.8, 4) is 0 Å². The number of unbranched alkanes of at least 4 members (excludes halogenated alkanes) is 4. The molecule has 0 aromatic carbocycles. The maximum absolute atomic E-state index is 10.9. The molecule has 3 atom stereocenters. The van der Waals surface area contributed by atoms with E-state index in [4.69, 9.17) is 4.74 Å². The monoisotopic (exact) mass is 256 g/mol. The number of carbonyl (C=O) groups is 1. The molecule has 1 aliphatic heterocycles. The van der Waals surface area contributed by atoms with E-state index in [1.165, 1.54) is 19.3 Å². The topological polar surface area (TPSA) is 66.8 Å². The van der Waals surface area contributed by atoms with E-state index in [0.717, 1.165) is 12.8 Å². The van der Waals surface area contributed by atoms with Crippen molar-refractivity contribution < 1.29 is 19.7 Å². The van der Waals surface area contributed by atoms with E-state index in [1.807, 2.05) is 6.08 Å². The number of hydrogen-bond donors (Lipinski definition) is 2. The van der Waals surface area contributed by atoms with Gasteiger partial charge in [0.05, 0.1) is 0 Å². The minimum absolute atomic E-state index is 0.296. The van der Waals surface area contributed by atoms with Crippen molar-refractivity contribution >= 4 is 5.97 Å². The van der Waals surface area contributed by atoms with Crippen LogP contribution in [0.5, 0.6) is 0 Å². The van der Waals surface area contributed by atoms with Gasteiger partial charge < -0.3 is 14.9 Å². The smallest absolute Gasteiger partial charge is 0.306 e. The molecule has 0 spiro atoms. The summed E-state index contributed by atoms with van der Waals surface area (Å²) in [5.41, 5.74) is 0. The van der Waals surface area contributed by atoms with Crippen molar-refractivity contribution in [2.24, 2.45) is 0 Å². The number of carbonyl (C=O) groups excluding carboxylic acids is 1. The normalized spacial score (nSPS) is 23.3. The van der Waals surface area contributed by atoms with Gasteiger partial charge in [0.2, 0.25) is 0 Å². The predicted molar refractivity (Wildman–Crippen MR) is 69.0 cm³/mol. The summed E-state index contributed by atoms with van der Waals surface area (Å²) in [7, 11) is 0. The van der Waals surface area contributed by atoms with Crippen molar-refractivity contribution in [2.45, 2.75) is 70.2 Å². The van der Waals surface area contributed by atoms with Gasteiger partial charge in [-0.15, -0.1) is 0 Å². The largest absolute Gasteiger partial charge is 0.459 e. The van der Waals surface area contributed by atoms with Crippen LogP contribution >= 0.6 is 0 Å². The standard InChI is InChI=1S/C14H24O4/c1-2-3-4-5-6-7-8-11(15)14(17)12-9-10-13(16)18-12/h7-8,11-12,14-15,17H,2-6,9-10H2,1H3. The lowest BCUT2D eigenvalue weighted by molar-refractivity contribution is -0.147. The number of rotatable bonds is 8. The molecular weight excluding hydrogens is 232 g/mol. The summed E-state index contributed by atoms with van der Waals surface area (Å²) < 4.78 is 4.92. The number of esters is 1. The predicted octanol–water partition coefficient (Wildman–Crippen LogP) is 1.94. The van der Waals surface area contributed by atoms with Gasteiger partial charge in [0.15, 0.2) is 0 Å². The van der Waals surface area contributed by atoms with E-state index < -0.39 is 18.3 Å². The molecule has 1 saturated heterocycles. The van der Waals surface area contributed by atoms with Gasteiger partial charge in [0.1, 0.15) is 18.3 Å². The highest BCUT2D eigenvalue weighted by molar-refractivity contribution is 5.71. The van der Waals surface area contributed by atoms with Crippen LogP contribution in [0.1, 0.15) is 51.9 Å². The highest BCUT2D eigenvalue weighted by atomic mass is 16.6. The second-order valence-corrected chi connectivity index (χ2v) is 4.83.